The number of benzene rings is 1. The number of aromatic nitrogens is 2. The number of carbonyl (C=O) groups is 1. The van der Waals surface area contributed by atoms with Gasteiger partial charge in [0.2, 0.25) is 0 Å². The van der Waals surface area contributed by atoms with Crippen molar-refractivity contribution in [2.75, 3.05) is 13.1 Å². The van der Waals surface area contributed by atoms with Crippen LogP contribution in [0, 0.1) is 11.3 Å². The minimum Gasteiger partial charge on any atom is -0.338 e. The van der Waals surface area contributed by atoms with Gasteiger partial charge in [0.1, 0.15) is 0 Å². The van der Waals surface area contributed by atoms with E-state index in [1.165, 1.54) is 6.42 Å². The Labute approximate surface area is 138 Å². The molecule has 1 aliphatic heterocycles. The summed E-state index contributed by atoms with van der Waals surface area (Å²) in [6.07, 6.45) is 7.72. The molecule has 1 saturated heterocycles. The van der Waals surface area contributed by atoms with E-state index in [2.05, 4.69) is 25.8 Å². The fourth-order valence-corrected chi connectivity index (χ4v) is 3.24. The Hall–Kier alpha value is -2.10. The number of imidazole rings is 1. The second-order valence-corrected chi connectivity index (χ2v) is 7.47. The number of hydrogen-bond acceptors (Lipinski definition) is 2. The van der Waals surface area contributed by atoms with Crippen molar-refractivity contribution in [3.63, 3.8) is 0 Å². The average Bonchev–Trinajstić information content (AvgIpc) is 3.08. The molecular formula is C19H25N3O. The predicted octanol–water partition coefficient (Wildman–Crippen LogP) is 3.77. The summed E-state index contributed by atoms with van der Waals surface area (Å²) in [5.41, 5.74) is 2.04. The summed E-state index contributed by atoms with van der Waals surface area (Å²) in [5.74, 6) is 0.724. The fraction of sp³-hybridized carbons (Fsp3) is 0.474. The average molecular weight is 311 g/mol. The van der Waals surface area contributed by atoms with Gasteiger partial charge < -0.3 is 9.47 Å². The van der Waals surface area contributed by atoms with Crippen LogP contribution in [0.5, 0.6) is 0 Å². The molecule has 122 valence electrons. The standard InChI is InChI=1S/C19H25N3O/c1-19(2,3)16-5-4-11-21(13-16)18(23)15-6-8-17(9-7-15)22-12-10-20-14-22/h6-10,12,14,16H,4-5,11,13H2,1-3H3. The van der Waals surface area contributed by atoms with Crippen LogP contribution in [0.25, 0.3) is 5.69 Å². The zero-order valence-corrected chi connectivity index (χ0v) is 14.2. The number of rotatable bonds is 2. The van der Waals surface area contributed by atoms with Gasteiger partial charge in [-0.15, -0.1) is 0 Å². The Balaban J connectivity index is 1.72. The highest BCUT2D eigenvalue weighted by Gasteiger charge is 2.31. The number of likely N-dealkylation sites (tertiary alicyclic amines) is 1. The van der Waals surface area contributed by atoms with Crippen LogP contribution in [0.15, 0.2) is 43.0 Å². The van der Waals surface area contributed by atoms with Crippen LogP contribution in [0.3, 0.4) is 0 Å². The molecule has 23 heavy (non-hydrogen) atoms. The van der Waals surface area contributed by atoms with E-state index in [0.29, 0.717) is 5.92 Å². The molecule has 1 unspecified atom stereocenters. The molecule has 2 heterocycles. The third-order valence-electron chi connectivity index (χ3n) is 4.85. The Kier molecular flexibility index (Phi) is 4.24. The maximum absolute atomic E-state index is 12.8. The van der Waals surface area contributed by atoms with Gasteiger partial charge in [-0.1, -0.05) is 20.8 Å². The van der Waals surface area contributed by atoms with Crippen molar-refractivity contribution in [3.05, 3.63) is 48.5 Å². The number of carbonyl (C=O) groups excluding carboxylic acids is 1. The van der Waals surface area contributed by atoms with Crippen molar-refractivity contribution >= 4 is 5.91 Å². The van der Waals surface area contributed by atoms with Gasteiger partial charge in [-0.2, -0.15) is 0 Å². The molecule has 0 spiro atoms. The molecule has 4 nitrogen and oxygen atoms in total. The summed E-state index contributed by atoms with van der Waals surface area (Å²) < 4.78 is 1.94. The molecule has 1 aromatic heterocycles. The zero-order chi connectivity index (χ0) is 16.4. The topological polar surface area (TPSA) is 38.1 Å². The van der Waals surface area contributed by atoms with Gasteiger partial charge in [-0.25, -0.2) is 4.98 Å². The van der Waals surface area contributed by atoms with Crippen molar-refractivity contribution in [1.29, 1.82) is 0 Å². The fourth-order valence-electron chi connectivity index (χ4n) is 3.24. The first kappa shape index (κ1) is 15.8. The summed E-state index contributed by atoms with van der Waals surface area (Å²) in [4.78, 5) is 18.8. The lowest BCUT2D eigenvalue weighted by atomic mass is 9.76. The van der Waals surface area contributed by atoms with E-state index in [1.807, 2.05) is 39.9 Å². The van der Waals surface area contributed by atoms with Gasteiger partial charge in [0.25, 0.3) is 5.91 Å². The van der Waals surface area contributed by atoms with Crippen LogP contribution in [0.1, 0.15) is 44.0 Å². The van der Waals surface area contributed by atoms with Crippen LogP contribution in [-0.2, 0) is 0 Å². The third kappa shape index (κ3) is 3.46. The third-order valence-corrected chi connectivity index (χ3v) is 4.85. The summed E-state index contributed by atoms with van der Waals surface area (Å²) in [6, 6.07) is 7.77. The Morgan fingerprint density at radius 2 is 1.96 bits per heavy atom. The molecule has 0 aliphatic carbocycles. The van der Waals surface area contributed by atoms with Crippen molar-refractivity contribution in [3.8, 4) is 5.69 Å². The smallest absolute Gasteiger partial charge is 0.253 e. The van der Waals surface area contributed by atoms with Crippen molar-refractivity contribution in [2.24, 2.45) is 11.3 Å². The van der Waals surface area contributed by atoms with Gasteiger partial charge in [-0.05, 0) is 48.4 Å². The van der Waals surface area contributed by atoms with Crippen molar-refractivity contribution < 1.29 is 4.79 Å². The minimum absolute atomic E-state index is 0.149. The molecule has 1 fully saturated rings. The van der Waals surface area contributed by atoms with Crippen molar-refractivity contribution in [1.82, 2.24) is 14.5 Å². The molecule has 3 rings (SSSR count). The quantitative estimate of drug-likeness (QED) is 0.846. The Morgan fingerprint density at radius 1 is 1.22 bits per heavy atom. The maximum Gasteiger partial charge on any atom is 0.253 e. The first-order chi connectivity index (χ1) is 10.9. The number of amides is 1. The number of nitrogens with zero attached hydrogens (tertiary/aromatic N) is 3. The van der Waals surface area contributed by atoms with Crippen LogP contribution >= 0.6 is 0 Å². The molecule has 1 amide bonds. The van der Waals surface area contributed by atoms with Crippen molar-refractivity contribution in [2.45, 2.75) is 33.6 Å². The molecule has 0 N–H and O–H groups in total. The molecule has 0 radical (unpaired) electrons. The van der Waals surface area contributed by atoms with Gasteiger partial charge in [-0.3, -0.25) is 4.79 Å². The van der Waals surface area contributed by atoms with Crippen LogP contribution < -0.4 is 0 Å². The summed E-state index contributed by atoms with van der Waals surface area (Å²) >= 11 is 0. The first-order valence-electron chi connectivity index (χ1n) is 8.33. The van der Waals surface area contributed by atoms with Crippen LogP contribution in [-0.4, -0.2) is 33.4 Å². The van der Waals surface area contributed by atoms with Gasteiger partial charge in [0.05, 0.1) is 6.33 Å². The second kappa shape index (κ2) is 6.19. The van der Waals surface area contributed by atoms with E-state index < -0.39 is 0 Å². The lowest BCUT2D eigenvalue weighted by Gasteiger charge is -2.39. The normalized spacial score (nSPS) is 18.9. The monoisotopic (exact) mass is 311 g/mol. The highest BCUT2D eigenvalue weighted by Crippen LogP contribution is 2.33. The van der Waals surface area contributed by atoms with E-state index in [9.17, 15) is 4.79 Å². The molecule has 1 aromatic carbocycles. The lowest BCUT2D eigenvalue weighted by Crippen LogP contribution is -2.43. The highest BCUT2D eigenvalue weighted by atomic mass is 16.2. The zero-order valence-electron chi connectivity index (χ0n) is 14.2. The summed E-state index contributed by atoms with van der Waals surface area (Å²) in [5, 5.41) is 0. The summed E-state index contributed by atoms with van der Waals surface area (Å²) in [7, 11) is 0. The minimum atomic E-state index is 0.149. The van der Waals surface area contributed by atoms with Crippen LogP contribution in [0.4, 0.5) is 0 Å². The van der Waals surface area contributed by atoms with E-state index in [4.69, 9.17) is 0 Å². The SMILES string of the molecule is CC(C)(C)C1CCCN(C(=O)c2ccc(-n3ccnc3)cc2)C1. The van der Waals surface area contributed by atoms with E-state index in [-0.39, 0.29) is 11.3 Å². The number of hydrogen-bond donors (Lipinski definition) is 0. The molecule has 2 aromatic rings. The molecular weight excluding hydrogens is 286 g/mol. The molecule has 0 bridgehead atoms. The van der Waals surface area contributed by atoms with Gasteiger partial charge in [0.15, 0.2) is 0 Å². The predicted molar refractivity (Wildman–Crippen MR) is 91.6 cm³/mol. The van der Waals surface area contributed by atoms with Crippen LogP contribution in [0.2, 0.25) is 0 Å². The van der Waals surface area contributed by atoms with Gasteiger partial charge >= 0.3 is 0 Å². The molecule has 4 heteroatoms. The molecule has 1 aliphatic rings. The molecule has 1 atom stereocenters. The second-order valence-electron chi connectivity index (χ2n) is 7.47. The maximum atomic E-state index is 12.8. The largest absolute Gasteiger partial charge is 0.338 e. The Bertz CT molecular complexity index is 653. The van der Waals surface area contributed by atoms with E-state index in [0.717, 1.165) is 30.8 Å². The highest BCUT2D eigenvalue weighted by molar-refractivity contribution is 5.94. The Morgan fingerprint density at radius 3 is 2.57 bits per heavy atom. The number of piperidine rings is 1. The van der Waals surface area contributed by atoms with E-state index in [1.54, 1.807) is 12.5 Å². The first-order valence-corrected chi connectivity index (χ1v) is 8.33. The lowest BCUT2D eigenvalue weighted by molar-refractivity contribution is 0.0563. The molecule has 0 saturated carbocycles. The van der Waals surface area contributed by atoms with Gasteiger partial charge in [0, 0.05) is 36.7 Å². The summed E-state index contributed by atoms with van der Waals surface area (Å²) in [6.45, 7) is 8.54. The van der Waals surface area contributed by atoms with E-state index >= 15 is 0 Å².